The van der Waals surface area contributed by atoms with Crippen LogP contribution in [0.4, 0.5) is 4.39 Å². The topological polar surface area (TPSA) is 32.3 Å². The summed E-state index contributed by atoms with van der Waals surface area (Å²) in [6.45, 7) is 2.41. The van der Waals surface area contributed by atoms with Gasteiger partial charge in [-0.05, 0) is 44.1 Å². The number of likely N-dealkylation sites (tertiary alicyclic amines) is 1. The van der Waals surface area contributed by atoms with Crippen molar-refractivity contribution in [1.29, 1.82) is 0 Å². The van der Waals surface area contributed by atoms with Gasteiger partial charge in [-0.1, -0.05) is 15.9 Å². The fourth-order valence-corrected chi connectivity index (χ4v) is 2.80. The Labute approximate surface area is 114 Å². The van der Waals surface area contributed by atoms with Gasteiger partial charge in [-0.25, -0.2) is 4.39 Å². The minimum atomic E-state index is -0.390. The number of carbonyl (C=O) groups is 1. The number of hydrogen-bond donors (Lipinski definition) is 1. The quantitative estimate of drug-likeness (QED) is 0.928. The molecule has 1 saturated heterocycles. The predicted octanol–water partition coefficient (Wildman–Crippen LogP) is 2.27. The highest BCUT2D eigenvalue weighted by molar-refractivity contribution is 9.10. The molecule has 0 saturated carbocycles. The summed E-state index contributed by atoms with van der Waals surface area (Å²) in [5.41, 5.74) is 0.409. The number of halogens is 2. The van der Waals surface area contributed by atoms with E-state index in [0.717, 1.165) is 26.1 Å². The maximum Gasteiger partial charge on any atom is 0.254 e. The van der Waals surface area contributed by atoms with Gasteiger partial charge < -0.3 is 10.2 Å². The van der Waals surface area contributed by atoms with Gasteiger partial charge in [-0.2, -0.15) is 0 Å². The first kappa shape index (κ1) is 13.5. The molecule has 1 heterocycles. The fourth-order valence-electron chi connectivity index (χ4n) is 2.33. The molecule has 1 aliphatic rings. The second-order valence-electron chi connectivity index (χ2n) is 4.62. The summed E-state index contributed by atoms with van der Waals surface area (Å²) in [6.07, 6.45) is 1.00. The average Bonchev–Trinajstić information content (AvgIpc) is 2.76. The van der Waals surface area contributed by atoms with E-state index in [1.807, 2.05) is 7.05 Å². The maximum absolute atomic E-state index is 13.3. The lowest BCUT2D eigenvalue weighted by molar-refractivity contribution is 0.0786. The lowest BCUT2D eigenvalue weighted by Crippen LogP contribution is -2.30. The molecule has 1 amide bonds. The highest BCUT2D eigenvalue weighted by atomic mass is 79.9. The third kappa shape index (κ3) is 3.09. The van der Waals surface area contributed by atoms with Crippen LogP contribution >= 0.6 is 15.9 Å². The molecule has 98 valence electrons. The average molecular weight is 315 g/mol. The number of amides is 1. The number of nitrogens with one attached hydrogen (secondary N) is 1. The van der Waals surface area contributed by atoms with E-state index in [4.69, 9.17) is 0 Å². The van der Waals surface area contributed by atoms with E-state index in [1.165, 1.54) is 12.1 Å². The normalized spacial score (nSPS) is 19.3. The Morgan fingerprint density at radius 2 is 2.33 bits per heavy atom. The van der Waals surface area contributed by atoms with Gasteiger partial charge >= 0.3 is 0 Å². The van der Waals surface area contributed by atoms with Crippen LogP contribution in [0.25, 0.3) is 0 Å². The van der Waals surface area contributed by atoms with Gasteiger partial charge in [-0.3, -0.25) is 4.79 Å². The van der Waals surface area contributed by atoms with Gasteiger partial charge in [0, 0.05) is 23.1 Å². The van der Waals surface area contributed by atoms with Crippen LogP contribution in [-0.2, 0) is 0 Å². The van der Waals surface area contributed by atoms with Crippen LogP contribution in [0.3, 0.4) is 0 Å². The SMILES string of the molecule is CNC[C@@H]1CCN(C(=O)c2cc(F)cc(Br)c2)C1. The summed E-state index contributed by atoms with van der Waals surface area (Å²) in [7, 11) is 1.91. The molecule has 1 N–H and O–H groups in total. The zero-order valence-corrected chi connectivity index (χ0v) is 11.8. The van der Waals surface area contributed by atoms with E-state index < -0.39 is 5.82 Å². The Morgan fingerprint density at radius 1 is 1.56 bits per heavy atom. The number of hydrogen-bond acceptors (Lipinski definition) is 2. The second-order valence-corrected chi connectivity index (χ2v) is 5.54. The molecule has 0 bridgehead atoms. The summed E-state index contributed by atoms with van der Waals surface area (Å²) in [5.74, 6) is 0.0171. The molecule has 1 atom stereocenters. The molecule has 3 nitrogen and oxygen atoms in total. The first-order chi connectivity index (χ1) is 8.60. The Kier molecular flexibility index (Phi) is 4.35. The molecule has 1 aromatic carbocycles. The Morgan fingerprint density at radius 3 is 3.00 bits per heavy atom. The Hall–Kier alpha value is -0.940. The maximum atomic E-state index is 13.3. The van der Waals surface area contributed by atoms with Gasteiger partial charge in [0.15, 0.2) is 0 Å². The number of benzene rings is 1. The third-order valence-corrected chi connectivity index (χ3v) is 3.63. The lowest BCUT2D eigenvalue weighted by atomic mass is 10.1. The minimum Gasteiger partial charge on any atom is -0.338 e. The Balaban J connectivity index is 2.08. The highest BCUT2D eigenvalue weighted by Gasteiger charge is 2.26. The monoisotopic (exact) mass is 314 g/mol. The van der Waals surface area contributed by atoms with Gasteiger partial charge in [-0.15, -0.1) is 0 Å². The molecule has 0 aromatic heterocycles. The van der Waals surface area contributed by atoms with Gasteiger partial charge in [0.25, 0.3) is 5.91 Å². The van der Waals surface area contributed by atoms with Crippen LogP contribution in [0, 0.1) is 11.7 Å². The predicted molar refractivity (Wildman–Crippen MR) is 72.0 cm³/mol. The highest BCUT2D eigenvalue weighted by Crippen LogP contribution is 2.21. The molecule has 1 aromatic rings. The zero-order chi connectivity index (χ0) is 13.1. The van der Waals surface area contributed by atoms with Crippen molar-refractivity contribution in [3.8, 4) is 0 Å². The second kappa shape index (κ2) is 5.80. The largest absolute Gasteiger partial charge is 0.338 e. The third-order valence-electron chi connectivity index (χ3n) is 3.18. The molecular formula is C13H16BrFN2O. The first-order valence-electron chi connectivity index (χ1n) is 6.00. The van der Waals surface area contributed by atoms with Crippen molar-refractivity contribution in [1.82, 2.24) is 10.2 Å². The van der Waals surface area contributed by atoms with E-state index in [1.54, 1.807) is 11.0 Å². The minimum absolute atomic E-state index is 0.0891. The molecule has 0 spiro atoms. The lowest BCUT2D eigenvalue weighted by Gasteiger charge is -2.16. The number of carbonyl (C=O) groups excluding carboxylic acids is 1. The van der Waals surface area contributed by atoms with Crippen LogP contribution < -0.4 is 5.32 Å². The van der Waals surface area contributed by atoms with Crippen molar-refractivity contribution in [3.05, 3.63) is 34.1 Å². The molecule has 0 radical (unpaired) electrons. The van der Waals surface area contributed by atoms with Crippen LogP contribution in [0.1, 0.15) is 16.8 Å². The molecule has 1 aliphatic heterocycles. The molecule has 1 fully saturated rings. The first-order valence-corrected chi connectivity index (χ1v) is 6.79. The van der Waals surface area contributed by atoms with E-state index in [-0.39, 0.29) is 5.91 Å². The summed E-state index contributed by atoms with van der Waals surface area (Å²) >= 11 is 3.21. The Bertz CT molecular complexity index is 432. The van der Waals surface area contributed by atoms with Crippen LogP contribution in [0.15, 0.2) is 22.7 Å². The van der Waals surface area contributed by atoms with Crippen LogP contribution in [-0.4, -0.2) is 37.5 Å². The number of nitrogens with zero attached hydrogens (tertiary/aromatic N) is 1. The smallest absolute Gasteiger partial charge is 0.254 e. The van der Waals surface area contributed by atoms with Gasteiger partial charge in [0.2, 0.25) is 0 Å². The van der Waals surface area contributed by atoms with Gasteiger partial charge in [0.1, 0.15) is 5.82 Å². The summed E-state index contributed by atoms with van der Waals surface area (Å²) in [5, 5.41) is 3.12. The van der Waals surface area contributed by atoms with Crippen LogP contribution in [0.2, 0.25) is 0 Å². The van der Waals surface area contributed by atoms with E-state index >= 15 is 0 Å². The summed E-state index contributed by atoms with van der Waals surface area (Å²) in [6, 6.07) is 4.31. The number of rotatable bonds is 3. The van der Waals surface area contributed by atoms with E-state index in [0.29, 0.717) is 16.0 Å². The van der Waals surface area contributed by atoms with Crippen molar-refractivity contribution in [2.75, 3.05) is 26.7 Å². The van der Waals surface area contributed by atoms with E-state index in [9.17, 15) is 9.18 Å². The van der Waals surface area contributed by atoms with E-state index in [2.05, 4.69) is 21.2 Å². The molecule has 18 heavy (non-hydrogen) atoms. The molecular weight excluding hydrogens is 299 g/mol. The van der Waals surface area contributed by atoms with Crippen molar-refractivity contribution >= 4 is 21.8 Å². The molecule has 2 rings (SSSR count). The van der Waals surface area contributed by atoms with Crippen LogP contribution in [0.5, 0.6) is 0 Å². The molecule has 5 heteroatoms. The summed E-state index contributed by atoms with van der Waals surface area (Å²) in [4.78, 5) is 14.0. The standard InChI is InChI=1S/C13H16BrFN2O/c1-16-7-9-2-3-17(8-9)13(18)10-4-11(14)6-12(15)5-10/h4-6,9,16H,2-3,7-8H2,1H3/t9-/m0/s1. The fraction of sp³-hybridized carbons (Fsp3) is 0.462. The van der Waals surface area contributed by atoms with Crippen molar-refractivity contribution in [2.45, 2.75) is 6.42 Å². The van der Waals surface area contributed by atoms with Gasteiger partial charge in [0.05, 0.1) is 0 Å². The van der Waals surface area contributed by atoms with Crippen molar-refractivity contribution in [2.24, 2.45) is 5.92 Å². The van der Waals surface area contributed by atoms with Crippen molar-refractivity contribution in [3.63, 3.8) is 0 Å². The molecule has 0 unspecified atom stereocenters. The van der Waals surface area contributed by atoms with Crippen molar-refractivity contribution < 1.29 is 9.18 Å². The molecule has 0 aliphatic carbocycles. The summed E-state index contributed by atoms with van der Waals surface area (Å²) < 4.78 is 13.9. The zero-order valence-electron chi connectivity index (χ0n) is 10.2.